The molecule has 1 aromatic carbocycles. The minimum atomic E-state index is -0.554. The lowest BCUT2D eigenvalue weighted by molar-refractivity contribution is 0.0620. The largest absolute Gasteiger partial charge is 0.376 e. The standard InChI is InChI=1S/C13H17F2NO/c1-8-5-6-17-13(8)12(16-2)10-4-3-9(14)7-11(10)15/h3-4,7-8,12-13,16H,5-6H2,1-2H3. The van der Waals surface area contributed by atoms with Crippen molar-refractivity contribution in [2.24, 2.45) is 5.92 Å². The second-order valence-electron chi connectivity index (χ2n) is 4.53. The summed E-state index contributed by atoms with van der Waals surface area (Å²) in [6.45, 7) is 2.79. The molecule has 2 nitrogen and oxygen atoms in total. The first-order valence-electron chi connectivity index (χ1n) is 5.87. The van der Waals surface area contributed by atoms with Gasteiger partial charge in [-0.3, -0.25) is 0 Å². The first kappa shape index (κ1) is 12.5. The molecule has 2 rings (SSSR count). The quantitative estimate of drug-likeness (QED) is 0.878. The van der Waals surface area contributed by atoms with Gasteiger partial charge in [-0.05, 0) is 25.5 Å². The highest BCUT2D eigenvalue weighted by Crippen LogP contribution is 2.32. The van der Waals surface area contributed by atoms with Crippen molar-refractivity contribution < 1.29 is 13.5 Å². The Balaban J connectivity index is 2.28. The molecule has 0 spiro atoms. The Bertz CT molecular complexity index is 397. The molecule has 1 aromatic rings. The van der Waals surface area contributed by atoms with E-state index in [1.54, 1.807) is 7.05 Å². The summed E-state index contributed by atoms with van der Waals surface area (Å²) in [5, 5.41) is 3.06. The summed E-state index contributed by atoms with van der Waals surface area (Å²) in [7, 11) is 1.77. The van der Waals surface area contributed by atoms with Crippen LogP contribution in [0.5, 0.6) is 0 Å². The van der Waals surface area contributed by atoms with Crippen LogP contribution in [0.3, 0.4) is 0 Å². The number of hydrogen-bond acceptors (Lipinski definition) is 2. The maximum absolute atomic E-state index is 13.7. The van der Waals surface area contributed by atoms with Gasteiger partial charge in [0.1, 0.15) is 11.6 Å². The second kappa shape index (κ2) is 5.10. The van der Waals surface area contributed by atoms with Crippen molar-refractivity contribution in [1.29, 1.82) is 0 Å². The van der Waals surface area contributed by atoms with Gasteiger partial charge in [0.2, 0.25) is 0 Å². The van der Waals surface area contributed by atoms with E-state index in [1.165, 1.54) is 12.1 Å². The minimum absolute atomic E-state index is 0.0556. The maximum Gasteiger partial charge on any atom is 0.130 e. The number of ether oxygens (including phenoxy) is 1. The summed E-state index contributed by atoms with van der Waals surface area (Å²) in [4.78, 5) is 0. The lowest BCUT2D eigenvalue weighted by Gasteiger charge is -2.26. The average molecular weight is 241 g/mol. The molecule has 0 aromatic heterocycles. The van der Waals surface area contributed by atoms with Crippen molar-refractivity contribution in [2.45, 2.75) is 25.5 Å². The molecule has 0 aliphatic carbocycles. The molecule has 17 heavy (non-hydrogen) atoms. The van der Waals surface area contributed by atoms with Crippen molar-refractivity contribution in [2.75, 3.05) is 13.7 Å². The van der Waals surface area contributed by atoms with Gasteiger partial charge in [-0.1, -0.05) is 13.0 Å². The first-order valence-corrected chi connectivity index (χ1v) is 5.87. The average Bonchev–Trinajstić information content (AvgIpc) is 2.69. The summed E-state index contributed by atoms with van der Waals surface area (Å²) in [5.41, 5.74) is 0.465. The Labute approximate surface area is 100.0 Å². The summed E-state index contributed by atoms with van der Waals surface area (Å²) in [5.74, 6) is -0.703. The fraction of sp³-hybridized carbons (Fsp3) is 0.538. The van der Waals surface area contributed by atoms with Gasteiger partial charge in [-0.15, -0.1) is 0 Å². The highest BCUT2D eigenvalue weighted by molar-refractivity contribution is 5.23. The summed E-state index contributed by atoms with van der Waals surface area (Å²) in [6, 6.07) is 3.45. The predicted octanol–water partition coefficient (Wildman–Crippen LogP) is 2.65. The highest BCUT2D eigenvalue weighted by Gasteiger charge is 2.33. The van der Waals surface area contributed by atoms with Gasteiger partial charge in [0, 0.05) is 18.2 Å². The van der Waals surface area contributed by atoms with Crippen LogP contribution >= 0.6 is 0 Å². The molecule has 1 heterocycles. The van der Waals surface area contributed by atoms with E-state index in [1.807, 2.05) is 0 Å². The van der Waals surface area contributed by atoms with E-state index >= 15 is 0 Å². The molecule has 0 amide bonds. The predicted molar refractivity (Wildman–Crippen MR) is 61.7 cm³/mol. The van der Waals surface area contributed by atoms with Crippen LogP contribution in [0.1, 0.15) is 24.9 Å². The Morgan fingerprint density at radius 3 is 2.71 bits per heavy atom. The zero-order valence-electron chi connectivity index (χ0n) is 10.0. The number of rotatable bonds is 3. The lowest BCUT2D eigenvalue weighted by atomic mass is 9.92. The van der Waals surface area contributed by atoms with Gasteiger partial charge in [0.15, 0.2) is 0 Å². The van der Waals surface area contributed by atoms with E-state index in [0.29, 0.717) is 18.1 Å². The van der Waals surface area contributed by atoms with E-state index < -0.39 is 11.6 Å². The topological polar surface area (TPSA) is 21.3 Å². The van der Waals surface area contributed by atoms with Crippen LogP contribution < -0.4 is 5.32 Å². The fourth-order valence-electron chi connectivity index (χ4n) is 2.39. The van der Waals surface area contributed by atoms with Crippen LogP contribution in [0.2, 0.25) is 0 Å². The Morgan fingerprint density at radius 1 is 1.41 bits per heavy atom. The molecule has 3 atom stereocenters. The van der Waals surface area contributed by atoms with Gasteiger partial charge < -0.3 is 10.1 Å². The molecule has 1 aliphatic heterocycles. The van der Waals surface area contributed by atoms with Crippen LogP contribution in [0.4, 0.5) is 8.78 Å². The number of halogens is 2. The van der Waals surface area contributed by atoms with Crippen molar-refractivity contribution in [1.82, 2.24) is 5.32 Å². The molecule has 1 aliphatic rings. The third kappa shape index (κ3) is 2.48. The Kier molecular flexibility index (Phi) is 3.74. The molecular weight excluding hydrogens is 224 g/mol. The van der Waals surface area contributed by atoms with Crippen LogP contribution in [0, 0.1) is 17.6 Å². The van der Waals surface area contributed by atoms with E-state index in [4.69, 9.17) is 4.74 Å². The second-order valence-corrected chi connectivity index (χ2v) is 4.53. The van der Waals surface area contributed by atoms with Crippen molar-refractivity contribution >= 4 is 0 Å². The molecule has 1 saturated heterocycles. The Hall–Kier alpha value is -1.00. The Morgan fingerprint density at radius 2 is 2.18 bits per heavy atom. The van der Waals surface area contributed by atoms with Crippen molar-refractivity contribution in [3.63, 3.8) is 0 Å². The van der Waals surface area contributed by atoms with E-state index in [-0.39, 0.29) is 12.1 Å². The van der Waals surface area contributed by atoms with E-state index in [2.05, 4.69) is 12.2 Å². The number of nitrogens with one attached hydrogen (secondary N) is 1. The summed E-state index contributed by atoms with van der Waals surface area (Å²) < 4.78 is 32.2. The normalized spacial score (nSPS) is 26.1. The molecule has 0 bridgehead atoms. The van der Waals surface area contributed by atoms with Crippen LogP contribution in [0.15, 0.2) is 18.2 Å². The van der Waals surface area contributed by atoms with Crippen molar-refractivity contribution in [3.05, 3.63) is 35.4 Å². The molecule has 4 heteroatoms. The number of likely N-dealkylation sites (N-methyl/N-ethyl adjacent to an activating group) is 1. The van der Waals surface area contributed by atoms with Gasteiger partial charge >= 0.3 is 0 Å². The molecule has 0 saturated carbocycles. The summed E-state index contributed by atoms with van der Waals surface area (Å²) >= 11 is 0. The smallest absolute Gasteiger partial charge is 0.130 e. The molecule has 1 N–H and O–H groups in total. The fourth-order valence-corrected chi connectivity index (χ4v) is 2.39. The molecule has 0 radical (unpaired) electrons. The zero-order valence-corrected chi connectivity index (χ0v) is 10.0. The SMILES string of the molecule is CNC(c1ccc(F)cc1F)C1OCCC1C. The van der Waals surface area contributed by atoms with Gasteiger partial charge in [-0.2, -0.15) is 0 Å². The van der Waals surface area contributed by atoms with Gasteiger partial charge in [0.05, 0.1) is 12.1 Å². The summed E-state index contributed by atoms with van der Waals surface area (Å²) in [6.07, 6.45) is 0.922. The maximum atomic E-state index is 13.7. The van der Waals surface area contributed by atoms with Crippen LogP contribution in [-0.2, 0) is 4.74 Å². The number of benzene rings is 1. The highest BCUT2D eigenvalue weighted by atomic mass is 19.1. The third-order valence-electron chi connectivity index (χ3n) is 3.38. The zero-order chi connectivity index (χ0) is 12.4. The molecule has 94 valence electrons. The molecule has 1 fully saturated rings. The molecular formula is C13H17F2NO. The van der Waals surface area contributed by atoms with E-state index in [0.717, 1.165) is 12.5 Å². The lowest BCUT2D eigenvalue weighted by Crippen LogP contribution is -2.33. The van der Waals surface area contributed by atoms with Crippen LogP contribution in [0.25, 0.3) is 0 Å². The third-order valence-corrected chi connectivity index (χ3v) is 3.38. The van der Waals surface area contributed by atoms with Crippen molar-refractivity contribution in [3.8, 4) is 0 Å². The van der Waals surface area contributed by atoms with Gasteiger partial charge in [-0.25, -0.2) is 8.78 Å². The first-order chi connectivity index (χ1) is 8.13. The van der Waals surface area contributed by atoms with Gasteiger partial charge in [0.25, 0.3) is 0 Å². The number of hydrogen-bond donors (Lipinski definition) is 1. The minimum Gasteiger partial charge on any atom is -0.376 e. The van der Waals surface area contributed by atoms with Crippen LogP contribution in [-0.4, -0.2) is 19.8 Å². The molecule has 3 unspecified atom stereocenters. The monoisotopic (exact) mass is 241 g/mol. The van der Waals surface area contributed by atoms with E-state index in [9.17, 15) is 8.78 Å².